The second-order valence-corrected chi connectivity index (χ2v) is 10.1. The van der Waals surface area contributed by atoms with Crippen molar-refractivity contribution < 1.29 is 32.7 Å². The summed E-state index contributed by atoms with van der Waals surface area (Å²) in [5.41, 5.74) is -1.76. The summed E-state index contributed by atoms with van der Waals surface area (Å²) >= 11 is 0. The maximum absolute atomic E-state index is 12.9. The lowest BCUT2D eigenvalue weighted by Crippen LogP contribution is -2.51. The van der Waals surface area contributed by atoms with Crippen molar-refractivity contribution in [3.8, 4) is 0 Å². The number of amides is 2. The maximum Gasteiger partial charge on any atom is 0.435 e. The van der Waals surface area contributed by atoms with E-state index in [4.69, 9.17) is 9.47 Å². The molecule has 1 aromatic rings. The number of sulfone groups is 1. The average Bonchev–Trinajstić information content (AvgIpc) is 2.52. The van der Waals surface area contributed by atoms with Gasteiger partial charge < -0.3 is 14.8 Å². The Morgan fingerprint density at radius 1 is 1.04 bits per heavy atom. The Morgan fingerprint density at radius 3 is 2.00 bits per heavy atom. The van der Waals surface area contributed by atoms with Crippen molar-refractivity contribution >= 4 is 22.0 Å². The summed E-state index contributed by atoms with van der Waals surface area (Å²) in [7, 11) is -4.24. The van der Waals surface area contributed by atoms with E-state index in [9.17, 15) is 23.2 Å². The molecule has 0 fully saturated rings. The van der Waals surface area contributed by atoms with E-state index in [1.54, 1.807) is 47.6 Å². The van der Waals surface area contributed by atoms with Crippen LogP contribution in [0.3, 0.4) is 0 Å². The zero-order valence-corrected chi connectivity index (χ0v) is 17.7. The Bertz CT molecular complexity index is 780. The van der Waals surface area contributed by atoms with Gasteiger partial charge in [-0.1, -0.05) is 18.2 Å². The lowest BCUT2D eigenvalue weighted by molar-refractivity contribution is -0.102. The highest BCUT2D eigenvalue weighted by atomic mass is 32.2. The Labute approximate surface area is 165 Å². The standard InChI is InChI=1S/C18H28N2O7S/c1-17(2,3)26-15(21)19-12-14(20(23)16(22)27-18(4,5)6)28(24,25)13-10-8-7-9-11-13/h7-11,14,23H,12H2,1-6H3,(H,19,21). The highest BCUT2D eigenvalue weighted by Crippen LogP contribution is 2.20. The number of carbonyl (C=O) groups excluding carboxylic acids is 2. The van der Waals surface area contributed by atoms with Crippen LogP contribution in [-0.4, -0.2) is 54.0 Å². The van der Waals surface area contributed by atoms with Crippen LogP contribution in [0, 0.1) is 0 Å². The molecule has 1 rings (SSSR count). The van der Waals surface area contributed by atoms with E-state index >= 15 is 0 Å². The molecule has 2 N–H and O–H groups in total. The van der Waals surface area contributed by atoms with Gasteiger partial charge in [0.15, 0.2) is 5.37 Å². The SMILES string of the molecule is CC(C)(C)OC(=O)NCC(N(O)C(=O)OC(C)(C)C)S(=O)(=O)c1ccccc1. The third-order valence-electron chi connectivity index (χ3n) is 3.10. The number of alkyl carbamates (subject to hydrolysis) is 1. The fourth-order valence-electron chi connectivity index (χ4n) is 2.01. The summed E-state index contributed by atoms with van der Waals surface area (Å²) in [4.78, 5) is 24.0. The summed E-state index contributed by atoms with van der Waals surface area (Å²) < 4.78 is 36.0. The number of rotatable bonds is 5. The number of hydroxylamine groups is 2. The Hall–Kier alpha value is -2.33. The minimum Gasteiger partial charge on any atom is -0.444 e. The van der Waals surface area contributed by atoms with Gasteiger partial charge in [-0.15, -0.1) is 0 Å². The Kier molecular flexibility index (Phi) is 7.44. The molecular formula is C18H28N2O7S. The molecule has 10 heteroatoms. The molecule has 0 aliphatic heterocycles. The Morgan fingerprint density at radius 2 is 1.54 bits per heavy atom. The smallest absolute Gasteiger partial charge is 0.435 e. The first kappa shape index (κ1) is 23.7. The monoisotopic (exact) mass is 416 g/mol. The predicted molar refractivity (Wildman–Crippen MR) is 102 cm³/mol. The van der Waals surface area contributed by atoms with Crippen LogP contribution < -0.4 is 5.32 Å². The van der Waals surface area contributed by atoms with Crippen molar-refractivity contribution in [1.82, 2.24) is 10.4 Å². The third kappa shape index (κ3) is 7.35. The van der Waals surface area contributed by atoms with Crippen molar-refractivity contribution in [2.45, 2.75) is 63.0 Å². The van der Waals surface area contributed by atoms with Crippen LogP contribution in [0.25, 0.3) is 0 Å². The van der Waals surface area contributed by atoms with E-state index in [-0.39, 0.29) is 9.96 Å². The molecule has 0 radical (unpaired) electrons. The number of ether oxygens (including phenoxy) is 2. The Balaban J connectivity index is 3.13. The quantitative estimate of drug-likeness (QED) is 0.559. The molecule has 0 aliphatic carbocycles. The van der Waals surface area contributed by atoms with Gasteiger partial charge >= 0.3 is 12.2 Å². The lowest BCUT2D eigenvalue weighted by atomic mass is 10.2. The molecule has 1 unspecified atom stereocenters. The van der Waals surface area contributed by atoms with Gasteiger partial charge in [-0.3, -0.25) is 5.21 Å². The number of hydrogen-bond acceptors (Lipinski definition) is 7. The van der Waals surface area contributed by atoms with Gasteiger partial charge in [0.05, 0.1) is 11.4 Å². The van der Waals surface area contributed by atoms with Crippen molar-refractivity contribution in [2.75, 3.05) is 6.54 Å². The highest BCUT2D eigenvalue weighted by molar-refractivity contribution is 7.92. The van der Waals surface area contributed by atoms with E-state index in [1.807, 2.05) is 0 Å². The van der Waals surface area contributed by atoms with Crippen LogP contribution >= 0.6 is 0 Å². The molecule has 0 spiro atoms. The number of nitrogens with zero attached hydrogens (tertiary/aromatic N) is 1. The summed E-state index contributed by atoms with van der Waals surface area (Å²) in [6, 6.07) is 7.26. The zero-order chi connectivity index (χ0) is 21.8. The summed E-state index contributed by atoms with van der Waals surface area (Å²) in [5.74, 6) is 0. The van der Waals surface area contributed by atoms with E-state index < -0.39 is 45.1 Å². The fourth-order valence-corrected chi connectivity index (χ4v) is 3.51. The van der Waals surface area contributed by atoms with Crippen molar-refractivity contribution in [1.29, 1.82) is 0 Å². The molecule has 0 heterocycles. The molecule has 0 bridgehead atoms. The lowest BCUT2D eigenvalue weighted by Gasteiger charge is -2.29. The van der Waals surface area contributed by atoms with Gasteiger partial charge in [0.2, 0.25) is 9.84 Å². The second-order valence-electron chi connectivity index (χ2n) is 8.02. The molecule has 9 nitrogen and oxygen atoms in total. The number of nitrogens with one attached hydrogen (secondary N) is 1. The minimum absolute atomic E-state index is 0.0368. The maximum atomic E-state index is 12.9. The molecule has 1 aromatic carbocycles. The van der Waals surface area contributed by atoms with Crippen molar-refractivity contribution in [3.63, 3.8) is 0 Å². The van der Waals surface area contributed by atoms with E-state index in [0.717, 1.165) is 0 Å². The normalized spacial score (nSPS) is 13.4. The first-order chi connectivity index (χ1) is 12.6. The van der Waals surface area contributed by atoms with Gasteiger partial charge in [-0.2, -0.15) is 5.06 Å². The largest absolute Gasteiger partial charge is 0.444 e. The van der Waals surface area contributed by atoms with Crippen molar-refractivity contribution in [3.05, 3.63) is 30.3 Å². The van der Waals surface area contributed by atoms with Crippen LogP contribution in [0.1, 0.15) is 41.5 Å². The first-order valence-electron chi connectivity index (χ1n) is 8.60. The van der Waals surface area contributed by atoms with Crippen LogP contribution in [0.2, 0.25) is 0 Å². The molecular weight excluding hydrogens is 388 g/mol. The topological polar surface area (TPSA) is 122 Å². The van der Waals surface area contributed by atoms with Crippen LogP contribution in [0.5, 0.6) is 0 Å². The number of carbonyl (C=O) groups is 2. The molecule has 0 aliphatic rings. The summed E-state index contributed by atoms with van der Waals surface area (Å²) in [6.45, 7) is 9.02. The number of hydrogen-bond donors (Lipinski definition) is 2. The van der Waals surface area contributed by atoms with Gasteiger partial charge in [0.1, 0.15) is 11.2 Å². The molecule has 28 heavy (non-hydrogen) atoms. The first-order valence-corrected chi connectivity index (χ1v) is 10.1. The molecule has 0 aromatic heterocycles. The van der Waals surface area contributed by atoms with Gasteiger partial charge in [0, 0.05) is 0 Å². The van der Waals surface area contributed by atoms with Gasteiger partial charge in [-0.25, -0.2) is 18.0 Å². The molecule has 0 saturated carbocycles. The fraction of sp³-hybridized carbons (Fsp3) is 0.556. The van der Waals surface area contributed by atoms with Gasteiger partial charge in [-0.05, 0) is 53.7 Å². The molecule has 0 saturated heterocycles. The summed E-state index contributed by atoms with van der Waals surface area (Å²) in [6.07, 6.45) is -2.15. The predicted octanol–water partition coefficient (Wildman–Crippen LogP) is 2.94. The molecule has 158 valence electrons. The second kappa shape index (κ2) is 8.78. The van der Waals surface area contributed by atoms with Gasteiger partial charge in [0.25, 0.3) is 0 Å². The minimum atomic E-state index is -4.24. The highest BCUT2D eigenvalue weighted by Gasteiger charge is 2.38. The number of benzene rings is 1. The van der Waals surface area contributed by atoms with Crippen molar-refractivity contribution in [2.24, 2.45) is 0 Å². The van der Waals surface area contributed by atoms with Crippen LogP contribution in [0.15, 0.2) is 35.2 Å². The third-order valence-corrected chi connectivity index (χ3v) is 5.12. The molecule has 1 atom stereocenters. The van der Waals surface area contributed by atoms with E-state index in [2.05, 4.69) is 5.32 Å². The van der Waals surface area contributed by atoms with Crippen LogP contribution in [0.4, 0.5) is 9.59 Å². The van der Waals surface area contributed by atoms with Crippen LogP contribution in [-0.2, 0) is 19.3 Å². The van der Waals surface area contributed by atoms with E-state index in [1.165, 1.54) is 24.3 Å². The average molecular weight is 416 g/mol. The zero-order valence-electron chi connectivity index (χ0n) is 16.9. The summed E-state index contributed by atoms with van der Waals surface area (Å²) in [5, 5.41) is 10.7. The van der Waals surface area contributed by atoms with E-state index in [0.29, 0.717) is 0 Å². The molecule has 2 amide bonds.